The minimum absolute atomic E-state index is 0.212. The second-order valence-corrected chi connectivity index (χ2v) is 10.5. The Morgan fingerprint density at radius 2 is 1.81 bits per heavy atom. The molecule has 0 radical (unpaired) electrons. The fourth-order valence-electron chi connectivity index (χ4n) is 3.91. The maximum absolute atomic E-state index is 13.4. The SMILES string of the molecule is C=C[C@@H]1C[C@]1(NC(=O)[C@@H]1CCCN1C(=O)[C@@H](NC(=O)OC(C)(C)C)C(C)(C)C)C(N)=O. The van der Waals surface area contributed by atoms with Gasteiger partial charge in [0, 0.05) is 12.5 Å². The number of primary amides is 1. The second-order valence-electron chi connectivity index (χ2n) is 10.5. The Morgan fingerprint density at radius 1 is 1.19 bits per heavy atom. The molecule has 9 heteroatoms. The molecule has 0 bridgehead atoms. The average molecular weight is 437 g/mol. The van der Waals surface area contributed by atoms with Crippen LogP contribution in [-0.2, 0) is 19.1 Å². The zero-order valence-corrected chi connectivity index (χ0v) is 19.4. The third-order valence-corrected chi connectivity index (χ3v) is 5.70. The van der Waals surface area contributed by atoms with Crippen LogP contribution in [0.5, 0.6) is 0 Å². The van der Waals surface area contributed by atoms with E-state index in [4.69, 9.17) is 10.5 Å². The van der Waals surface area contributed by atoms with Crippen LogP contribution < -0.4 is 16.4 Å². The highest BCUT2D eigenvalue weighted by molar-refractivity contribution is 5.97. The first kappa shape index (κ1) is 24.7. The van der Waals surface area contributed by atoms with E-state index in [2.05, 4.69) is 17.2 Å². The van der Waals surface area contributed by atoms with Crippen molar-refractivity contribution in [1.29, 1.82) is 0 Å². The average Bonchev–Trinajstić information content (AvgIpc) is 3.10. The molecule has 4 amide bonds. The van der Waals surface area contributed by atoms with E-state index in [0.717, 1.165) is 0 Å². The third-order valence-electron chi connectivity index (χ3n) is 5.70. The van der Waals surface area contributed by atoms with Crippen LogP contribution in [0.15, 0.2) is 12.7 Å². The fourth-order valence-corrected chi connectivity index (χ4v) is 3.91. The van der Waals surface area contributed by atoms with Crippen LogP contribution in [-0.4, -0.2) is 58.5 Å². The van der Waals surface area contributed by atoms with Crippen LogP contribution in [0.3, 0.4) is 0 Å². The predicted octanol–water partition coefficient (Wildman–Crippen LogP) is 1.46. The molecule has 9 nitrogen and oxygen atoms in total. The van der Waals surface area contributed by atoms with E-state index in [1.807, 2.05) is 20.8 Å². The number of nitrogens with zero attached hydrogens (tertiary/aromatic N) is 1. The summed E-state index contributed by atoms with van der Waals surface area (Å²) in [6.07, 6.45) is 2.42. The number of carbonyl (C=O) groups is 4. The molecule has 31 heavy (non-hydrogen) atoms. The summed E-state index contributed by atoms with van der Waals surface area (Å²) in [5.74, 6) is -1.60. The van der Waals surface area contributed by atoms with Crippen LogP contribution in [0.4, 0.5) is 4.79 Å². The van der Waals surface area contributed by atoms with E-state index in [0.29, 0.717) is 25.8 Å². The van der Waals surface area contributed by atoms with E-state index >= 15 is 0 Å². The number of ether oxygens (including phenoxy) is 1. The van der Waals surface area contributed by atoms with E-state index in [1.54, 1.807) is 26.8 Å². The number of nitrogens with two attached hydrogens (primary N) is 1. The molecule has 4 atom stereocenters. The van der Waals surface area contributed by atoms with Crippen LogP contribution in [0.2, 0.25) is 0 Å². The lowest BCUT2D eigenvalue weighted by molar-refractivity contribution is -0.142. The molecule has 0 spiro atoms. The van der Waals surface area contributed by atoms with Gasteiger partial charge in [0.05, 0.1) is 0 Å². The Bertz CT molecular complexity index is 767. The van der Waals surface area contributed by atoms with Crippen molar-refractivity contribution in [3.05, 3.63) is 12.7 Å². The van der Waals surface area contributed by atoms with Gasteiger partial charge in [-0.25, -0.2) is 4.79 Å². The van der Waals surface area contributed by atoms with Crippen molar-refractivity contribution >= 4 is 23.8 Å². The van der Waals surface area contributed by atoms with Gasteiger partial charge >= 0.3 is 6.09 Å². The van der Waals surface area contributed by atoms with E-state index in [-0.39, 0.29) is 11.8 Å². The quantitative estimate of drug-likeness (QED) is 0.543. The lowest BCUT2D eigenvalue weighted by atomic mass is 9.85. The molecule has 0 unspecified atom stereocenters. The lowest BCUT2D eigenvalue weighted by Crippen LogP contribution is -2.59. The van der Waals surface area contributed by atoms with Gasteiger partial charge in [-0.15, -0.1) is 6.58 Å². The molecular weight excluding hydrogens is 400 g/mol. The monoisotopic (exact) mass is 436 g/mol. The summed E-state index contributed by atoms with van der Waals surface area (Å²) in [5.41, 5.74) is 3.05. The van der Waals surface area contributed by atoms with E-state index < -0.39 is 46.5 Å². The van der Waals surface area contributed by atoms with Gasteiger partial charge in [0.25, 0.3) is 0 Å². The van der Waals surface area contributed by atoms with Crippen molar-refractivity contribution in [1.82, 2.24) is 15.5 Å². The number of carbonyl (C=O) groups excluding carboxylic acids is 4. The smallest absolute Gasteiger partial charge is 0.408 e. The van der Waals surface area contributed by atoms with Crippen LogP contribution in [0.25, 0.3) is 0 Å². The largest absolute Gasteiger partial charge is 0.444 e. The zero-order chi connectivity index (χ0) is 23.8. The van der Waals surface area contributed by atoms with Crippen molar-refractivity contribution in [2.24, 2.45) is 17.1 Å². The highest BCUT2D eigenvalue weighted by atomic mass is 16.6. The van der Waals surface area contributed by atoms with Gasteiger partial charge in [-0.1, -0.05) is 26.8 Å². The topological polar surface area (TPSA) is 131 Å². The second kappa shape index (κ2) is 8.51. The molecule has 2 aliphatic rings. The minimum atomic E-state index is -1.13. The fraction of sp³-hybridized carbons (Fsp3) is 0.727. The molecule has 2 fully saturated rings. The molecule has 0 aromatic heterocycles. The van der Waals surface area contributed by atoms with Crippen molar-refractivity contribution in [3.63, 3.8) is 0 Å². The molecule has 1 heterocycles. The summed E-state index contributed by atoms with van der Waals surface area (Å²) in [6, 6.07) is -1.62. The van der Waals surface area contributed by atoms with Gasteiger partial charge in [0.2, 0.25) is 17.7 Å². The number of amides is 4. The number of alkyl carbamates (subject to hydrolysis) is 1. The summed E-state index contributed by atoms with van der Waals surface area (Å²) in [7, 11) is 0. The molecule has 4 N–H and O–H groups in total. The molecule has 2 rings (SSSR count). The third kappa shape index (κ3) is 5.57. The van der Waals surface area contributed by atoms with Crippen molar-refractivity contribution in [3.8, 4) is 0 Å². The first-order chi connectivity index (χ1) is 14.1. The zero-order valence-electron chi connectivity index (χ0n) is 19.4. The highest BCUT2D eigenvalue weighted by Crippen LogP contribution is 2.44. The maximum atomic E-state index is 13.4. The number of nitrogens with one attached hydrogen (secondary N) is 2. The van der Waals surface area contributed by atoms with E-state index in [9.17, 15) is 19.2 Å². The first-order valence-corrected chi connectivity index (χ1v) is 10.7. The highest BCUT2D eigenvalue weighted by Gasteiger charge is 2.59. The number of hydrogen-bond donors (Lipinski definition) is 3. The Morgan fingerprint density at radius 3 is 2.26 bits per heavy atom. The molecule has 0 aromatic rings. The predicted molar refractivity (Wildman–Crippen MR) is 116 cm³/mol. The van der Waals surface area contributed by atoms with Crippen molar-refractivity contribution in [2.75, 3.05) is 6.54 Å². The number of likely N-dealkylation sites (tertiary alicyclic amines) is 1. The molecule has 174 valence electrons. The van der Waals surface area contributed by atoms with Crippen LogP contribution in [0.1, 0.15) is 60.8 Å². The standard InChI is InChI=1S/C22H36N4O5/c1-8-13-12-22(13,18(23)29)25-16(27)14-10-9-11-26(14)17(28)15(20(2,3)4)24-19(30)31-21(5,6)7/h8,13-15H,1,9-12H2,2-7H3,(H2,23,29)(H,24,30)(H,25,27)/t13-,14+,15-,22-/m1/s1. The van der Waals surface area contributed by atoms with Crippen LogP contribution >= 0.6 is 0 Å². The summed E-state index contributed by atoms with van der Waals surface area (Å²) >= 11 is 0. The normalized spacial score (nSPS) is 26.6. The Hall–Kier alpha value is -2.58. The Balaban J connectivity index is 2.17. The summed E-state index contributed by atoms with van der Waals surface area (Å²) < 4.78 is 5.31. The number of rotatable bonds is 6. The maximum Gasteiger partial charge on any atom is 0.408 e. The molecular formula is C22H36N4O5. The van der Waals surface area contributed by atoms with Gasteiger partial charge in [-0.2, -0.15) is 0 Å². The van der Waals surface area contributed by atoms with Crippen LogP contribution in [0, 0.1) is 11.3 Å². The lowest BCUT2D eigenvalue weighted by Gasteiger charge is -2.36. The van der Waals surface area contributed by atoms with Gasteiger partial charge < -0.3 is 26.0 Å². The van der Waals surface area contributed by atoms with Crippen molar-refractivity contribution < 1.29 is 23.9 Å². The summed E-state index contributed by atoms with van der Waals surface area (Å²) in [4.78, 5) is 52.1. The summed E-state index contributed by atoms with van der Waals surface area (Å²) in [6.45, 7) is 14.8. The Kier molecular flexibility index (Phi) is 6.78. The van der Waals surface area contributed by atoms with Gasteiger partial charge in [0.15, 0.2) is 0 Å². The summed E-state index contributed by atoms with van der Waals surface area (Å²) in [5, 5.41) is 5.43. The van der Waals surface area contributed by atoms with Gasteiger partial charge in [-0.3, -0.25) is 14.4 Å². The molecule has 1 saturated heterocycles. The minimum Gasteiger partial charge on any atom is -0.444 e. The van der Waals surface area contributed by atoms with Gasteiger partial charge in [-0.05, 0) is 45.4 Å². The van der Waals surface area contributed by atoms with Crippen molar-refractivity contribution in [2.45, 2.75) is 84.0 Å². The molecule has 1 saturated carbocycles. The van der Waals surface area contributed by atoms with Gasteiger partial charge in [0.1, 0.15) is 23.2 Å². The van der Waals surface area contributed by atoms with E-state index in [1.165, 1.54) is 4.90 Å². The first-order valence-electron chi connectivity index (χ1n) is 10.7. The molecule has 1 aliphatic heterocycles. The molecule has 0 aromatic carbocycles. The Labute approximate surface area is 184 Å². The molecule has 1 aliphatic carbocycles. The number of hydrogen-bond acceptors (Lipinski definition) is 5.